The summed E-state index contributed by atoms with van der Waals surface area (Å²) in [5.41, 5.74) is 2.61. The van der Waals surface area contributed by atoms with Crippen LogP contribution in [0.15, 0.2) is 24.3 Å². The van der Waals surface area contributed by atoms with Gasteiger partial charge in [0.1, 0.15) is 5.82 Å². The van der Waals surface area contributed by atoms with Crippen LogP contribution in [0.5, 0.6) is 0 Å². The van der Waals surface area contributed by atoms with Gasteiger partial charge in [-0.2, -0.15) is 0 Å². The number of para-hydroxylation sites is 1. The molecule has 0 fully saturated rings. The lowest BCUT2D eigenvalue weighted by Crippen LogP contribution is -2.24. The van der Waals surface area contributed by atoms with Crippen molar-refractivity contribution in [1.82, 2.24) is 14.8 Å². The Hall–Kier alpha value is -2.04. The van der Waals surface area contributed by atoms with Gasteiger partial charge in [-0.3, -0.25) is 4.57 Å². The fraction of sp³-hybridized carbons (Fsp3) is 0.467. The van der Waals surface area contributed by atoms with Crippen molar-refractivity contribution in [1.29, 1.82) is 0 Å². The molecule has 5 nitrogen and oxygen atoms in total. The highest BCUT2D eigenvalue weighted by Crippen LogP contribution is 2.30. The van der Waals surface area contributed by atoms with Gasteiger partial charge in [0.25, 0.3) is 0 Å². The summed E-state index contributed by atoms with van der Waals surface area (Å²) in [4.78, 5) is 0. The number of nitrogens with zero attached hydrogens (tertiary/aromatic N) is 3. The zero-order chi connectivity index (χ0) is 13.9. The first kappa shape index (κ1) is 13.0. The number of hydrogen-bond donors (Lipinski definition) is 2. The minimum absolute atomic E-state index is 0.379. The Morgan fingerprint density at radius 2 is 2.15 bits per heavy atom. The molecule has 1 atom stereocenters. The largest absolute Gasteiger partial charge is 0.384 e. The average molecular weight is 271 g/mol. The number of aromatic nitrogens is 3. The first-order chi connectivity index (χ1) is 9.83. The van der Waals surface area contributed by atoms with E-state index in [2.05, 4.69) is 63.5 Å². The van der Waals surface area contributed by atoms with E-state index in [9.17, 15) is 0 Å². The Kier molecular flexibility index (Phi) is 3.58. The molecule has 0 radical (unpaired) electrons. The van der Waals surface area contributed by atoms with Crippen LogP contribution in [0.2, 0.25) is 0 Å². The van der Waals surface area contributed by atoms with E-state index >= 15 is 0 Å². The maximum atomic E-state index is 4.41. The van der Waals surface area contributed by atoms with E-state index in [0.717, 1.165) is 37.8 Å². The molecule has 2 N–H and O–H groups in total. The van der Waals surface area contributed by atoms with Crippen molar-refractivity contribution in [2.24, 2.45) is 0 Å². The van der Waals surface area contributed by atoms with E-state index in [-0.39, 0.29) is 0 Å². The van der Waals surface area contributed by atoms with E-state index in [1.54, 1.807) is 0 Å². The number of hydrogen-bond acceptors (Lipinski definition) is 4. The van der Waals surface area contributed by atoms with Crippen molar-refractivity contribution in [3.63, 3.8) is 0 Å². The molecule has 0 aliphatic carbocycles. The summed E-state index contributed by atoms with van der Waals surface area (Å²) in [5.74, 6) is 2.33. The van der Waals surface area contributed by atoms with Crippen LogP contribution in [0, 0.1) is 0 Å². The second-order valence-electron chi connectivity index (χ2n) is 5.10. The van der Waals surface area contributed by atoms with Crippen LogP contribution in [0.3, 0.4) is 0 Å². The minimum Gasteiger partial charge on any atom is -0.384 e. The maximum absolute atomic E-state index is 4.41. The SMILES string of the molecule is CCNc1nnc(C2CNc3ccccc3C2)n1CC. The molecule has 2 aromatic rings. The van der Waals surface area contributed by atoms with E-state index in [1.807, 2.05) is 0 Å². The molecule has 0 spiro atoms. The molecule has 0 amide bonds. The van der Waals surface area contributed by atoms with Crippen molar-refractivity contribution in [2.45, 2.75) is 32.7 Å². The Morgan fingerprint density at radius 1 is 1.30 bits per heavy atom. The Bertz CT molecular complexity index is 590. The number of nitrogens with one attached hydrogen (secondary N) is 2. The monoisotopic (exact) mass is 271 g/mol. The molecule has 3 rings (SSSR count). The zero-order valence-electron chi connectivity index (χ0n) is 12.1. The van der Waals surface area contributed by atoms with Gasteiger partial charge in [-0.1, -0.05) is 18.2 Å². The molecule has 1 aromatic carbocycles. The van der Waals surface area contributed by atoms with Crippen molar-refractivity contribution in [3.05, 3.63) is 35.7 Å². The van der Waals surface area contributed by atoms with Crippen molar-refractivity contribution in [3.8, 4) is 0 Å². The summed E-state index contributed by atoms with van der Waals surface area (Å²) >= 11 is 0. The molecular weight excluding hydrogens is 250 g/mol. The highest BCUT2D eigenvalue weighted by Gasteiger charge is 2.25. The zero-order valence-corrected chi connectivity index (χ0v) is 12.1. The molecule has 1 aliphatic rings. The molecule has 0 saturated carbocycles. The molecule has 1 unspecified atom stereocenters. The van der Waals surface area contributed by atoms with Crippen LogP contribution in [0.25, 0.3) is 0 Å². The van der Waals surface area contributed by atoms with Crippen LogP contribution >= 0.6 is 0 Å². The molecular formula is C15H21N5. The van der Waals surface area contributed by atoms with Crippen LogP contribution in [0.1, 0.15) is 31.2 Å². The lowest BCUT2D eigenvalue weighted by Gasteiger charge is -2.25. The highest BCUT2D eigenvalue weighted by molar-refractivity contribution is 5.54. The Balaban J connectivity index is 1.88. The fourth-order valence-electron chi connectivity index (χ4n) is 2.84. The van der Waals surface area contributed by atoms with Crippen molar-refractivity contribution < 1.29 is 0 Å². The summed E-state index contributed by atoms with van der Waals surface area (Å²) < 4.78 is 2.18. The number of anilines is 2. The quantitative estimate of drug-likeness (QED) is 0.897. The molecule has 0 saturated heterocycles. The van der Waals surface area contributed by atoms with Crippen LogP contribution in [-0.4, -0.2) is 27.9 Å². The molecule has 1 aliphatic heterocycles. The number of rotatable bonds is 4. The van der Waals surface area contributed by atoms with Gasteiger partial charge in [0, 0.05) is 31.2 Å². The third kappa shape index (κ3) is 2.24. The van der Waals surface area contributed by atoms with Crippen LogP contribution in [0.4, 0.5) is 11.6 Å². The van der Waals surface area contributed by atoms with Gasteiger partial charge in [0.15, 0.2) is 0 Å². The van der Waals surface area contributed by atoms with Crippen LogP contribution < -0.4 is 10.6 Å². The smallest absolute Gasteiger partial charge is 0.224 e. The van der Waals surface area contributed by atoms with Crippen molar-refractivity contribution >= 4 is 11.6 Å². The molecule has 1 aromatic heterocycles. The first-order valence-corrected chi connectivity index (χ1v) is 7.32. The second-order valence-corrected chi connectivity index (χ2v) is 5.10. The molecule has 106 valence electrons. The lowest BCUT2D eigenvalue weighted by atomic mass is 9.93. The van der Waals surface area contributed by atoms with E-state index < -0.39 is 0 Å². The minimum atomic E-state index is 0.379. The fourth-order valence-corrected chi connectivity index (χ4v) is 2.84. The second kappa shape index (κ2) is 5.53. The van der Waals surface area contributed by atoms with E-state index in [0.29, 0.717) is 5.92 Å². The van der Waals surface area contributed by atoms with Gasteiger partial charge < -0.3 is 10.6 Å². The van der Waals surface area contributed by atoms with Gasteiger partial charge in [-0.25, -0.2) is 0 Å². The summed E-state index contributed by atoms with van der Waals surface area (Å²) in [7, 11) is 0. The normalized spacial score (nSPS) is 17.4. The van der Waals surface area contributed by atoms with Gasteiger partial charge in [-0.05, 0) is 31.9 Å². The number of benzene rings is 1. The maximum Gasteiger partial charge on any atom is 0.224 e. The Morgan fingerprint density at radius 3 is 2.95 bits per heavy atom. The summed E-state index contributed by atoms with van der Waals surface area (Å²) in [6.45, 7) is 6.89. The summed E-state index contributed by atoms with van der Waals surface area (Å²) in [5, 5.41) is 15.5. The lowest BCUT2D eigenvalue weighted by molar-refractivity contribution is 0.591. The predicted molar refractivity (Wildman–Crippen MR) is 81.2 cm³/mol. The topological polar surface area (TPSA) is 54.8 Å². The van der Waals surface area contributed by atoms with Gasteiger partial charge in [0.05, 0.1) is 0 Å². The molecule has 0 bridgehead atoms. The standard InChI is InChI=1S/C15H21N5/c1-3-16-15-19-18-14(20(15)4-2)12-9-11-7-5-6-8-13(11)17-10-12/h5-8,12,17H,3-4,9-10H2,1-2H3,(H,16,19). The highest BCUT2D eigenvalue weighted by atomic mass is 15.4. The summed E-state index contributed by atoms with van der Waals surface area (Å²) in [6, 6.07) is 8.49. The third-order valence-corrected chi connectivity index (χ3v) is 3.82. The van der Waals surface area contributed by atoms with Crippen LogP contribution in [-0.2, 0) is 13.0 Å². The molecule has 20 heavy (non-hydrogen) atoms. The third-order valence-electron chi connectivity index (χ3n) is 3.82. The molecule has 2 heterocycles. The molecule has 5 heteroatoms. The van der Waals surface area contributed by atoms with Crippen molar-refractivity contribution in [2.75, 3.05) is 23.7 Å². The number of fused-ring (bicyclic) bond motifs is 1. The van der Waals surface area contributed by atoms with Gasteiger partial charge >= 0.3 is 0 Å². The van der Waals surface area contributed by atoms with Gasteiger partial charge in [0.2, 0.25) is 5.95 Å². The summed E-state index contributed by atoms with van der Waals surface area (Å²) in [6.07, 6.45) is 1.02. The predicted octanol–water partition coefficient (Wildman–Crippen LogP) is 2.48. The first-order valence-electron chi connectivity index (χ1n) is 7.32. The van der Waals surface area contributed by atoms with E-state index in [1.165, 1.54) is 11.3 Å². The average Bonchev–Trinajstić information content (AvgIpc) is 2.90. The Labute approximate surface area is 119 Å². The van der Waals surface area contributed by atoms with Gasteiger partial charge in [-0.15, -0.1) is 10.2 Å². The van der Waals surface area contributed by atoms with E-state index in [4.69, 9.17) is 0 Å².